The van der Waals surface area contributed by atoms with Crippen LogP contribution in [0.4, 0.5) is 5.95 Å². The summed E-state index contributed by atoms with van der Waals surface area (Å²) >= 11 is 0. The van der Waals surface area contributed by atoms with E-state index in [-0.39, 0.29) is 11.6 Å². The molecular formula is C7H9N3O2. The van der Waals surface area contributed by atoms with Gasteiger partial charge in [-0.2, -0.15) is 0 Å². The molecule has 5 heteroatoms. The van der Waals surface area contributed by atoms with Gasteiger partial charge in [-0.05, 0) is 12.5 Å². The Balaban J connectivity index is 3.15. The normalized spacial score (nSPS) is 9.75. The maximum atomic E-state index is 10.5. The molecule has 0 saturated heterocycles. The zero-order chi connectivity index (χ0) is 9.14. The van der Waals surface area contributed by atoms with E-state index in [4.69, 9.17) is 10.8 Å². The number of aromatic nitrogens is 2. The molecule has 64 valence electrons. The molecule has 0 aromatic carbocycles. The highest BCUT2D eigenvalue weighted by Gasteiger charge is 2.07. The van der Waals surface area contributed by atoms with E-state index in [1.807, 2.05) is 6.92 Å². The molecule has 0 spiro atoms. The summed E-state index contributed by atoms with van der Waals surface area (Å²) in [6.45, 7) is 1.87. The molecule has 0 atom stereocenters. The summed E-state index contributed by atoms with van der Waals surface area (Å²) in [6, 6.07) is 1.42. The lowest BCUT2D eigenvalue weighted by atomic mass is 10.3. The topological polar surface area (TPSA) is 89.1 Å². The van der Waals surface area contributed by atoms with Crippen molar-refractivity contribution in [2.24, 2.45) is 0 Å². The van der Waals surface area contributed by atoms with Crippen LogP contribution in [0.3, 0.4) is 0 Å². The molecule has 5 nitrogen and oxygen atoms in total. The molecule has 12 heavy (non-hydrogen) atoms. The van der Waals surface area contributed by atoms with Crippen LogP contribution in [0.5, 0.6) is 0 Å². The average molecular weight is 167 g/mol. The van der Waals surface area contributed by atoms with Crippen molar-refractivity contribution in [3.05, 3.63) is 17.5 Å². The van der Waals surface area contributed by atoms with E-state index in [0.29, 0.717) is 12.1 Å². The highest BCUT2D eigenvalue weighted by atomic mass is 16.4. The Labute approximate surface area is 69.3 Å². The quantitative estimate of drug-likeness (QED) is 0.662. The molecule has 1 aromatic rings. The van der Waals surface area contributed by atoms with Crippen molar-refractivity contribution in [3.63, 3.8) is 0 Å². The Hall–Kier alpha value is -1.65. The van der Waals surface area contributed by atoms with Crippen LogP contribution < -0.4 is 5.73 Å². The lowest BCUT2D eigenvalue weighted by molar-refractivity contribution is 0.0690. The summed E-state index contributed by atoms with van der Waals surface area (Å²) in [5.74, 6) is -1.08. The number of carboxylic acid groups (broad SMARTS) is 1. The highest BCUT2D eigenvalue weighted by Crippen LogP contribution is 2.03. The van der Waals surface area contributed by atoms with Crippen LogP contribution in [0.1, 0.15) is 23.1 Å². The summed E-state index contributed by atoms with van der Waals surface area (Å²) in [6.07, 6.45) is 0.646. The van der Waals surface area contributed by atoms with Crippen molar-refractivity contribution in [1.29, 1.82) is 0 Å². The fourth-order valence-corrected chi connectivity index (χ4v) is 0.809. The lowest BCUT2D eigenvalue weighted by Crippen LogP contribution is -2.07. The minimum Gasteiger partial charge on any atom is -0.477 e. The van der Waals surface area contributed by atoms with Gasteiger partial charge in [-0.3, -0.25) is 0 Å². The zero-order valence-corrected chi connectivity index (χ0v) is 6.61. The van der Waals surface area contributed by atoms with Gasteiger partial charge < -0.3 is 10.8 Å². The van der Waals surface area contributed by atoms with Gasteiger partial charge in [-0.15, -0.1) is 0 Å². The van der Waals surface area contributed by atoms with E-state index < -0.39 is 5.97 Å². The smallest absolute Gasteiger partial charge is 0.354 e. The molecule has 0 aliphatic rings. The minimum absolute atomic E-state index is 0.00625. The van der Waals surface area contributed by atoms with Crippen LogP contribution in [-0.2, 0) is 6.42 Å². The van der Waals surface area contributed by atoms with Crippen LogP contribution in [0, 0.1) is 0 Å². The molecule has 1 aromatic heterocycles. The van der Waals surface area contributed by atoms with Gasteiger partial charge in [-0.25, -0.2) is 14.8 Å². The second-order valence-electron chi connectivity index (χ2n) is 2.26. The number of nitrogen functional groups attached to an aromatic ring is 1. The number of aryl methyl sites for hydroxylation is 1. The first-order valence-electron chi connectivity index (χ1n) is 3.50. The summed E-state index contributed by atoms with van der Waals surface area (Å²) < 4.78 is 0. The maximum Gasteiger partial charge on any atom is 0.354 e. The molecule has 1 heterocycles. The maximum absolute atomic E-state index is 10.5. The van der Waals surface area contributed by atoms with Crippen LogP contribution in [0.25, 0.3) is 0 Å². The SMILES string of the molecule is CCc1cc(C(=O)O)nc(N)n1. The minimum atomic E-state index is -1.08. The molecule has 0 radical (unpaired) electrons. The largest absolute Gasteiger partial charge is 0.477 e. The predicted octanol–water partition coefficient (Wildman–Crippen LogP) is 0.319. The number of aromatic carboxylic acids is 1. The summed E-state index contributed by atoms with van der Waals surface area (Å²) in [4.78, 5) is 17.9. The number of hydrogen-bond acceptors (Lipinski definition) is 4. The Morgan fingerprint density at radius 3 is 2.83 bits per heavy atom. The third-order valence-electron chi connectivity index (χ3n) is 1.38. The molecule has 1 rings (SSSR count). The lowest BCUT2D eigenvalue weighted by Gasteiger charge is -1.99. The molecule has 3 N–H and O–H groups in total. The van der Waals surface area contributed by atoms with Gasteiger partial charge in [0.25, 0.3) is 0 Å². The van der Waals surface area contributed by atoms with Gasteiger partial charge in [-0.1, -0.05) is 6.92 Å². The van der Waals surface area contributed by atoms with Crippen LogP contribution in [0.15, 0.2) is 6.07 Å². The number of anilines is 1. The number of carboxylic acids is 1. The first-order chi connectivity index (χ1) is 5.63. The first kappa shape index (κ1) is 8.45. The summed E-state index contributed by atoms with van der Waals surface area (Å²) in [5, 5.41) is 8.58. The highest BCUT2D eigenvalue weighted by molar-refractivity contribution is 5.85. The van der Waals surface area contributed by atoms with Crippen molar-refractivity contribution < 1.29 is 9.90 Å². The summed E-state index contributed by atoms with van der Waals surface area (Å²) in [7, 11) is 0. The molecule has 0 fully saturated rings. The van der Waals surface area contributed by atoms with E-state index >= 15 is 0 Å². The number of hydrogen-bond donors (Lipinski definition) is 2. The van der Waals surface area contributed by atoms with E-state index in [1.165, 1.54) is 6.07 Å². The molecule has 0 unspecified atom stereocenters. The van der Waals surface area contributed by atoms with Gasteiger partial charge in [0.15, 0.2) is 5.69 Å². The second kappa shape index (κ2) is 3.17. The van der Waals surface area contributed by atoms with E-state index in [0.717, 1.165) is 0 Å². The monoisotopic (exact) mass is 167 g/mol. The summed E-state index contributed by atoms with van der Waals surface area (Å²) in [5.41, 5.74) is 5.87. The standard InChI is InChI=1S/C7H9N3O2/c1-2-4-3-5(6(11)12)10-7(8)9-4/h3H,2H2,1H3,(H,11,12)(H2,8,9,10). The first-order valence-corrected chi connectivity index (χ1v) is 3.50. The van der Waals surface area contributed by atoms with Crippen LogP contribution in [-0.4, -0.2) is 21.0 Å². The van der Waals surface area contributed by atoms with Crippen molar-refractivity contribution in [1.82, 2.24) is 9.97 Å². The van der Waals surface area contributed by atoms with Gasteiger partial charge >= 0.3 is 5.97 Å². The molecular weight excluding hydrogens is 158 g/mol. The predicted molar refractivity (Wildman–Crippen MR) is 42.8 cm³/mol. The fraction of sp³-hybridized carbons (Fsp3) is 0.286. The van der Waals surface area contributed by atoms with E-state index in [9.17, 15) is 4.79 Å². The Bertz CT molecular complexity index is 312. The molecule has 0 saturated carbocycles. The Kier molecular flexibility index (Phi) is 2.23. The van der Waals surface area contributed by atoms with Crippen molar-refractivity contribution >= 4 is 11.9 Å². The van der Waals surface area contributed by atoms with Crippen molar-refractivity contribution in [2.45, 2.75) is 13.3 Å². The third-order valence-corrected chi connectivity index (χ3v) is 1.38. The van der Waals surface area contributed by atoms with Gasteiger partial charge in [0.2, 0.25) is 5.95 Å². The van der Waals surface area contributed by atoms with Gasteiger partial charge in [0.1, 0.15) is 0 Å². The van der Waals surface area contributed by atoms with Gasteiger partial charge in [0.05, 0.1) is 0 Å². The van der Waals surface area contributed by atoms with E-state index in [1.54, 1.807) is 0 Å². The van der Waals surface area contributed by atoms with Crippen molar-refractivity contribution in [2.75, 3.05) is 5.73 Å². The Morgan fingerprint density at radius 1 is 1.67 bits per heavy atom. The number of rotatable bonds is 2. The van der Waals surface area contributed by atoms with Gasteiger partial charge in [0, 0.05) is 5.69 Å². The molecule has 0 amide bonds. The molecule has 0 aliphatic heterocycles. The van der Waals surface area contributed by atoms with E-state index in [2.05, 4.69) is 9.97 Å². The third kappa shape index (κ3) is 1.69. The zero-order valence-electron chi connectivity index (χ0n) is 6.61. The number of carbonyl (C=O) groups is 1. The fourth-order valence-electron chi connectivity index (χ4n) is 0.809. The van der Waals surface area contributed by atoms with Crippen LogP contribution in [0.2, 0.25) is 0 Å². The second-order valence-corrected chi connectivity index (χ2v) is 2.26. The van der Waals surface area contributed by atoms with Crippen LogP contribution >= 0.6 is 0 Å². The number of nitrogens with two attached hydrogens (primary N) is 1. The molecule has 0 aliphatic carbocycles. The Morgan fingerprint density at radius 2 is 2.33 bits per heavy atom. The average Bonchev–Trinajstić information content (AvgIpc) is 2.03. The van der Waals surface area contributed by atoms with Crippen molar-refractivity contribution in [3.8, 4) is 0 Å². The molecule has 0 bridgehead atoms. The number of nitrogens with zero attached hydrogens (tertiary/aromatic N) is 2.